The first-order valence-electron chi connectivity index (χ1n) is 9.40. The molecule has 3 N–H and O–H groups in total. The highest BCUT2D eigenvalue weighted by atomic mass is 79.9. The lowest BCUT2D eigenvalue weighted by Crippen LogP contribution is -2.45. The first-order valence-corrected chi connectivity index (χ1v) is 10.2. The summed E-state index contributed by atoms with van der Waals surface area (Å²) < 4.78 is 11.0. The second-order valence-electron chi connectivity index (χ2n) is 6.67. The summed E-state index contributed by atoms with van der Waals surface area (Å²) >= 11 is 3.27. The van der Waals surface area contributed by atoms with Crippen LogP contribution in [0.3, 0.4) is 0 Å². The summed E-state index contributed by atoms with van der Waals surface area (Å²) in [6.07, 6.45) is 5.27. The largest absolute Gasteiger partial charge is 0.503 e. The first-order chi connectivity index (χ1) is 13.4. The van der Waals surface area contributed by atoms with Crippen LogP contribution in [0, 0.1) is 0 Å². The zero-order valence-electron chi connectivity index (χ0n) is 16.4. The topological polar surface area (TPSA) is 96.9 Å². The highest BCUT2D eigenvalue weighted by molar-refractivity contribution is 9.10. The lowest BCUT2D eigenvalue weighted by atomic mass is 9.95. The Morgan fingerprint density at radius 3 is 2.64 bits per heavy atom. The molecular weight excluding hydrogens is 428 g/mol. The van der Waals surface area contributed by atoms with Crippen LogP contribution in [0.15, 0.2) is 27.9 Å². The maximum Gasteiger partial charge on any atom is 0.338 e. The Hall–Kier alpha value is -2.22. The Morgan fingerprint density at radius 2 is 1.96 bits per heavy atom. The Balaban J connectivity index is 2.20. The molecule has 2 amide bonds. The van der Waals surface area contributed by atoms with E-state index in [2.05, 4.69) is 33.5 Å². The smallest absolute Gasteiger partial charge is 0.338 e. The van der Waals surface area contributed by atoms with Crippen LogP contribution in [-0.2, 0) is 9.53 Å². The van der Waals surface area contributed by atoms with Crippen molar-refractivity contribution in [2.75, 3.05) is 13.7 Å². The molecule has 0 fully saturated rings. The molecule has 7 nitrogen and oxygen atoms in total. The van der Waals surface area contributed by atoms with Crippen LogP contribution < -0.4 is 15.4 Å². The number of phenols is 1. The standard InChI is InChI=1S/C20H27BrN2O5/c1-4-5-6-7-8-9-28-19(25)16-12(2)22-20(26)23-17(16)13-10-14(21)18(24)15(11-13)27-3/h10-11,17,24H,4-9H2,1-3H3,(H2,22,23,26)/t17-/m0/s1. The van der Waals surface area contributed by atoms with Crippen LogP contribution >= 0.6 is 15.9 Å². The van der Waals surface area contributed by atoms with Crippen LogP contribution in [0.1, 0.15) is 57.6 Å². The second kappa shape index (κ2) is 10.4. The van der Waals surface area contributed by atoms with E-state index >= 15 is 0 Å². The molecule has 2 rings (SSSR count). The van der Waals surface area contributed by atoms with Crippen molar-refractivity contribution in [1.82, 2.24) is 10.6 Å². The van der Waals surface area contributed by atoms with Gasteiger partial charge in [0.25, 0.3) is 0 Å². The van der Waals surface area contributed by atoms with Crippen LogP contribution in [0.25, 0.3) is 0 Å². The minimum Gasteiger partial charge on any atom is -0.503 e. The first kappa shape index (κ1) is 22.1. The third kappa shape index (κ3) is 5.41. The molecule has 154 valence electrons. The lowest BCUT2D eigenvalue weighted by Gasteiger charge is -2.28. The van der Waals surface area contributed by atoms with E-state index in [0.29, 0.717) is 27.9 Å². The van der Waals surface area contributed by atoms with E-state index in [0.717, 1.165) is 25.7 Å². The van der Waals surface area contributed by atoms with Crippen molar-refractivity contribution in [3.8, 4) is 11.5 Å². The lowest BCUT2D eigenvalue weighted by molar-refractivity contribution is -0.139. The van der Waals surface area contributed by atoms with Crippen molar-refractivity contribution in [1.29, 1.82) is 0 Å². The Morgan fingerprint density at radius 1 is 1.25 bits per heavy atom. The molecule has 1 aromatic carbocycles. The Bertz CT molecular complexity index is 763. The number of carbonyl (C=O) groups is 2. The molecule has 1 atom stereocenters. The molecule has 1 heterocycles. The van der Waals surface area contributed by atoms with Gasteiger partial charge in [0.1, 0.15) is 0 Å². The average Bonchev–Trinajstić information content (AvgIpc) is 2.65. The molecule has 0 radical (unpaired) electrons. The molecule has 0 bridgehead atoms. The van der Waals surface area contributed by atoms with E-state index in [9.17, 15) is 14.7 Å². The molecule has 0 saturated heterocycles. The van der Waals surface area contributed by atoms with E-state index in [1.807, 2.05) is 0 Å². The average molecular weight is 455 g/mol. The summed E-state index contributed by atoms with van der Waals surface area (Å²) in [6.45, 7) is 4.15. The summed E-state index contributed by atoms with van der Waals surface area (Å²) in [5, 5.41) is 15.4. The quantitative estimate of drug-likeness (QED) is 0.381. The van der Waals surface area contributed by atoms with E-state index in [4.69, 9.17) is 9.47 Å². The molecule has 0 unspecified atom stereocenters. The molecule has 28 heavy (non-hydrogen) atoms. The van der Waals surface area contributed by atoms with Gasteiger partial charge < -0.3 is 25.2 Å². The molecular formula is C20H27BrN2O5. The number of phenolic OH excluding ortho intramolecular Hbond substituents is 1. The number of nitrogens with one attached hydrogen (secondary N) is 2. The summed E-state index contributed by atoms with van der Waals surface area (Å²) in [7, 11) is 1.43. The molecule has 1 aliphatic heterocycles. The van der Waals surface area contributed by atoms with Gasteiger partial charge in [-0.1, -0.05) is 32.6 Å². The van der Waals surface area contributed by atoms with Gasteiger partial charge in [-0.25, -0.2) is 9.59 Å². The molecule has 0 aliphatic carbocycles. The van der Waals surface area contributed by atoms with Gasteiger partial charge in [-0.3, -0.25) is 0 Å². The summed E-state index contributed by atoms with van der Waals surface area (Å²) in [5.41, 5.74) is 1.35. The summed E-state index contributed by atoms with van der Waals surface area (Å²) in [5.74, 6) is -0.296. The highest BCUT2D eigenvalue weighted by Crippen LogP contribution is 2.39. The number of unbranched alkanes of at least 4 members (excludes halogenated alkanes) is 4. The third-order valence-electron chi connectivity index (χ3n) is 4.57. The predicted molar refractivity (Wildman–Crippen MR) is 109 cm³/mol. The van der Waals surface area contributed by atoms with E-state index in [-0.39, 0.29) is 11.5 Å². The number of hydrogen-bond acceptors (Lipinski definition) is 5. The maximum absolute atomic E-state index is 12.7. The van der Waals surface area contributed by atoms with Crippen molar-refractivity contribution in [3.05, 3.63) is 33.4 Å². The van der Waals surface area contributed by atoms with Crippen molar-refractivity contribution < 1.29 is 24.2 Å². The number of halogens is 1. The third-order valence-corrected chi connectivity index (χ3v) is 5.18. The van der Waals surface area contributed by atoms with Gasteiger partial charge in [0.05, 0.1) is 29.8 Å². The highest BCUT2D eigenvalue weighted by Gasteiger charge is 2.33. The minimum atomic E-state index is -0.716. The van der Waals surface area contributed by atoms with E-state index in [1.165, 1.54) is 13.5 Å². The normalized spacial score (nSPS) is 16.4. The SMILES string of the molecule is CCCCCCCOC(=O)C1=C(C)NC(=O)N[C@H]1c1cc(Br)c(O)c(OC)c1. The summed E-state index contributed by atoms with van der Waals surface area (Å²) in [4.78, 5) is 24.7. The molecule has 1 aromatic rings. The van der Waals surface area contributed by atoms with Crippen molar-refractivity contribution in [3.63, 3.8) is 0 Å². The minimum absolute atomic E-state index is 0.0524. The van der Waals surface area contributed by atoms with E-state index < -0.39 is 18.0 Å². The predicted octanol–water partition coefficient (Wildman–Crippen LogP) is 4.30. The van der Waals surface area contributed by atoms with Crippen LogP contribution in [0.4, 0.5) is 4.79 Å². The number of carbonyl (C=O) groups excluding carboxylic acids is 2. The van der Waals surface area contributed by atoms with Gasteiger partial charge in [-0.2, -0.15) is 0 Å². The second-order valence-corrected chi connectivity index (χ2v) is 7.53. The van der Waals surface area contributed by atoms with Gasteiger partial charge in [0.2, 0.25) is 0 Å². The number of esters is 1. The van der Waals surface area contributed by atoms with Crippen LogP contribution in [0.2, 0.25) is 0 Å². The number of benzene rings is 1. The number of allylic oxidation sites excluding steroid dienone is 1. The zero-order valence-corrected chi connectivity index (χ0v) is 18.0. The monoisotopic (exact) mass is 454 g/mol. The number of hydrogen-bond donors (Lipinski definition) is 3. The van der Waals surface area contributed by atoms with E-state index in [1.54, 1.807) is 19.1 Å². The number of urea groups is 1. The Labute approximate surface area is 173 Å². The van der Waals surface area contributed by atoms with Gasteiger partial charge in [0.15, 0.2) is 11.5 Å². The van der Waals surface area contributed by atoms with Gasteiger partial charge in [0, 0.05) is 5.70 Å². The molecule has 0 spiro atoms. The van der Waals surface area contributed by atoms with Gasteiger partial charge in [-0.05, 0) is 47.0 Å². The van der Waals surface area contributed by atoms with Crippen LogP contribution in [0.5, 0.6) is 11.5 Å². The van der Waals surface area contributed by atoms with Gasteiger partial charge >= 0.3 is 12.0 Å². The number of aromatic hydroxyl groups is 1. The fourth-order valence-electron chi connectivity index (χ4n) is 3.08. The Kier molecular flexibility index (Phi) is 8.17. The number of amides is 2. The number of methoxy groups -OCH3 is 1. The van der Waals surface area contributed by atoms with Crippen molar-refractivity contribution >= 4 is 27.9 Å². The fraction of sp³-hybridized carbons (Fsp3) is 0.500. The summed E-state index contributed by atoms with van der Waals surface area (Å²) in [6, 6.07) is 2.09. The van der Waals surface area contributed by atoms with Gasteiger partial charge in [-0.15, -0.1) is 0 Å². The van der Waals surface area contributed by atoms with Crippen molar-refractivity contribution in [2.24, 2.45) is 0 Å². The maximum atomic E-state index is 12.7. The fourth-order valence-corrected chi connectivity index (χ4v) is 3.54. The van der Waals surface area contributed by atoms with Crippen molar-refractivity contribution in [2.45, 2.75) is 52.0 Å². The molecule has 0 saturated carbocycles. The van der Waals surface area contributed by atoms with Crippen LogP contribution in [-0.4, -0.2) is 30.8 Å². The molecule has 8 heteroatoms. The number of ether oxygens (including phenoxy) is 2. The zero-order chi connectivity index (χ0) is 20.7. The molecule has 0 aromatic heterocycles. The molecule has 1 aliphatic rings. The number of rotatable bonds is 9.